The van der Waals surface area contributed by atoms with Crippen LogP contribution < -0.4 is 4.74 Å². The van der Waals surface area contributed by atoms with E-state index in [1.54, 1.807) is 32.0 Å². The van der Waals surface area contributed by atoms with E-state index < -0.39 is 11.9 Å². The molecule has 0 N–H and O–H groups in total. The number of benzene rings is 2. The number of esters is 2. The first-order chi connectivity index (χ1) is 12.7. The van der Waals surface area contributed by atoms with E-state index in [1.807, 2.05) is 18.2 Å². The standard InChI is InChI=1S/C21H24O5/c1-3-24-20(22)17-13-8-14-18(19(17)21(23)25-4-2)26-15-9-12-16-10-6-5-7-11-16/h5-8,10-11,13-14H,3-4,9,12,15H2,1-2H3. The Labute approximate surface area is 153 Å². The molecule has 5 heteroatoms. The topological polar surface area (TPSA) is 61.8 Å². The first kappa shape index (κ1) is 19.5. The molecular weight excluding hydrogens is 332 g/mol. The Bertz CT molecular complexity index is 724. The summed E-state index contributed by atoms with van der Waals surface area (Å²) >= 11 is 0. The van der Waals surface area contributed by atoms with Gasteiger partial charge in [0.15, 0.2) is 0 Å². The zero-order chi connectivity index (χ0) is 18.8. The Morgan fingerprint density at radius 1 is 0.846 bits per heavy atom. The molecule has 0 aliphatic heterocycles. The van der Waals surface area contributed by atoms with Gasteiger partial charge in [0, 0.05) is 0 Å². The fraction of sp³-hybridized carbons (Fsp3) is 0.333. The van der Waals surface area contributed by atoms with Crippen molar-refractivity contribution in [1.82, 2.24) is 0 Å². The Kier molecular flexibility index (Phi) is 7.68. The van der Waals surface area contributed by atoms with E-state index in [0.717, 1.165) is 12.8 Å². The van der Waals surface area contributed by atoms with E-state index in [0.29, 0.717) is 12.4 Å². The second-order valence-electron chi connectivity index (χ2n) is 5.56. The lowest BCUT2D eigenvalue weighted by Gasteiger charge is -2.14. The van der Waals surface area contributed by atoms with Gasteiger partial charge in [-0.2, -0.15) is 0 Å². The second-order valence-corrected chi connectivity index (χ2v) is 5.56. The van der Waals surface area contributed by atoms with Crippen LogP contribution in [0, 0.1) is 0 Å². The number of ether oxygens (including phenoxy) is 3. The van der Waals surface area contributed by atoms with Crippen LogP contribution in [0.4, 0.5) is 0 Å². The van der Waals surface area contributed by atoms with Gasteiger partial charge in [-0.15, -0.1) is 0 Å². The molecule has 0 atom stereocenters. The van der Waals surface area contributed by atoms with Gasteiger partial charge >= 0.3 is 11.9 Å². The minimum atomic E-state index is -0.589. The van der Waals surface area contributed by atoms with Crippen molar-refractivity contribution >= 4 is 11.9 Å². The Morgan fingerprint density at radius 3 is 2.23 bits per heavy atom. The van der Waals surface area contributed by atoms with E-state index in [1.165, 1.54) is 5.56 Å². The average molecular weight is 356 g/mol. The molecule has 138 valence electrons. The maximum absolute atomic E-state index is 12.3. The number of hydrogen-bond acceptors (Lipinski definition) is 5. The lowest BCUT2D eigenvalue weighted by atomic mass is 10.1. The van der Waals surface area contributed by atoms with E-state index in [9.17, 15) is 9.59 Å². The van der Waals surface area contributed by atoms with Crippen molar-refractivity contribution in [3.05, 3.63) is 65.2 Å². The van der Waals surface area contributed by atoms with Gasteiger partial charge in [-0.1, -0.05) is 36.4 Å². The molecule has 0 unspecified atom stereocenters. The maximum Gasteiger partial charge on any atom is 0.342 e. The van der Waals surface area contributed by atoms with Gasteiger partial charge in [0.05, 0.1) is 25.4 Å². The third-order valence-corrected chi connectivity index (χ3v) is 3.71. The molecule has 0 heterocycles. The van der Waals surface area contributed by atoms with E-state index >= 15 is 0 Å². The maximum atomic E-state index is 12.3. The molecule has 0 aliphatic carbocycles. The highest BCUT2D eigenvalue weighted by atomic mass is 16.5. The molecule has 0 fully saturated rings. The van der Waals surface area contributed by atoms with Crippen LogP contribution in [0.1, 0.15) is 46.5 Å². The van der Waals surface area contributed by atoms with Crippen LogP contribution in [-0.2, 0) is 15.9 Å². The van der Waals surface area contributed by atoms with E-state index in [2.05, 4.69) is 12.1 Å². The third kappa shape index (κ3) is 5.34. The van der Waals surface area contributed by atoms with Gasteiger partial charge in [-0.25, -0.2) is 9.59 Å². The van der Waals surface area contributed by atoms with Gasteiger partial charge in [0.1, 0.15) is 11.3 Å². The molecule has 2 aromatic carbocycles. The van der Waals surface area contributed by atoms with Crippen LogP contribution in [0.25, 0.3) is 0 Å². The Balaban J connectivity index is 2.11. The molecule has 0 radical (unpaired) electrons. The van der Waals surface area contributed by atoms with Crippen molar-refractivity contribution in [3.63, 3.8) is 0 Å². The summed E-state index contributed by atoms with van der Waals surface area (Å²) in [5, 5.41) is 0. The summed E-state index contributed by atoms with van der Waals surface area (Å²) in [6.07, 6.45) is 1.66. The van der Waals surface area contributed by atoms with Gasteiger partial charge in [0.2, 0.25) is 0 Å². The first-order valence-electron chi connectivity index (χ1n) is 8.81. The third-order valence-electron chi connectivity index (χ3n) is 3.71. The number of aryl methyl sites for hydroxylation is 1. The zero-order valence-electron chi connectivity index (χ0n) is 15.2. The summed E-state index contributed by atoms with van der Waals surface area (Å²) < 4.78 is 15.9. The van der Waals surface area contributed by atoms with Crippen LogP contribution in [0.5, 0.6) is 5.75 Å². The highest BCUT2D eigenvalue weighted by Crippen LogP contribution is 2.25. The molecular formula is C21H24O5. The fourth-order valence-corrected chi connectivity index (χ4v) is 2.55. The normalized spacial score (nSPS) is 10.2. The Hall–Kier alpha value is -2.82. The van der Waals surface area contributed by atoms with Crippen molar-refractivity contribution in [3.8, 4) is 5.75 Å². The lowest BCUT2D eigenvalue weighted by molar-refractivity contribution is 0.0474. The highest BCUT2D eigenvalue weighted by Gasteiger charge is 2.23. The average Bonchev–Trinajstić information content (AvgIpc) is 2.66. The van der Waals surface area contributed by atoms with Crippen molar-refractivity contribution in [2.75, 3.05) is 19.8 Å². The molecule has 0 aliphatic rings. The number of hydrogen-bond donors (Lipinski definition) is 0. The molecule has 2 rings (SSSR count). The van der Waals surface area contributed by atoms with E-state index in [-0.39, 0.29) is 24.3 Å². The predicted octanol–water partition coefficient (Wildman–Crippen LogP) is 4.05. The molecule has 26 heavy (non-hydrogen) atoms. The van der Waals surface area contributed by atoms with Crippen molar-refractivity contribution in [2.45, 2.75) is 26.7 Å². The van der Waals surface area contributed by atoms with Crippen LogP contribution in [0.3, 0.4) is 0 Å². The molecule has 0 saturated carbocycles. The molecule has 0 aromatic heterocycles. The Morgan fingerprint density at radius 2 is 1.54 bits per heavy atom. The minimum absolute atomic E-state index is 0.118. The second kappa shape index (κ2) is 10.2. The van der Waals surface area contributed by atoms with Crippen molar-refractivity contribution in [1.29, 1.82) is 0 Å². The molecule has 0 spiro atoms. The van der Waals surface area contributed by atoms with Crippen LogP contribution in [0.2, 0.25) is 0 Å². The number of carbonyl (C=O) groups is 2. The largest absolute Gasteiger partial charge is 0.493 e. The van der Waals surface area contributed by atoms with E-state index in [4.69, 9.17) is 14.2 Å². The molecule has 0 bridgehead atoms. The zero-order valence-corrected chi connectivity index (χ0v) is 15.2. The summed E-state index contributed by atoms with van der Waals surface area (Å²) in [5.41, 5.74) is 1.50. The number of rotatable bonds is 9. The molecule has 2 aromatic rings. The fourth-order valence-electron chi connectivity index (χ4n) is 2.55. The van der Waals surface area contributed by atoms with Crippen molar-refractivity contribution in [2.24, 2.45) is 0 Å². The quantitative estimate of drug-likeness (QED) is 0.501. The minimum Gasteiger partial charge on any atom is -0.493 e. The molecule has 0 amide bonds. The highest BCUT2D eigenvalue weighted by molar-refractivity contribution is 6.05. The smallest absolute Gasteiger partial charge is 0.342 e. The van der Waals surface area contributed by atoms with Crippen LogP contribution in [0.15, 0.2) is 48.5 Å². The summed E-state index contributed by atoms with van der Waals surface area (Å²) in [4.78, 5) is 24.5. The number of carbonyl (C=O) groups excluding carboxylic acids is 2. The first-order valence-corrected chi connectivity index (χ1v) is 8.81. The van der Waals surface area contributed by atoms with Gasteiger partial charge < -0.3 is 14.2 Å². The molecule has 0 saturated heterocycles. The summed E-state index contributed by atoms with van der Waals surface area (Å²) in [5.74, 6) is -0.818. The summed E-state index contributed by atoms with van der Waals surface area (Å²) in [6, 6.07) is 15.0. The summed E-state index contributed by atoms with van der Waals surface area (Å²) in [7, 11) is 0. The van der Waals surface area contributed by atoms with Gasteiger partial charge in [-0.05, 0) is 44.4 Å². The van der Waals surface area contributed by atoms with Crippen molar-refractivity contribution < 1.29 is 23.8 Å². The summed E-state index contributed by atoms with van der Waals surface area (Å²) in [6.45, 7) is 4.29. The van der Waals surface area contributed by atoms with Gasteiger partial charge in [-0.3, -0.25) is 0 Å². The SMILES string of the molecule is CCOC(=O)c1cccc(OCCCc2ccccc2)c1C(=O)OCC. The van der Waals surface area contributed by atoms with Crippen LogP contribution in [-0.4, -0.2) is 31.8 Å². The van der Waals surface area contributed by atoms with Gasteiger partial charge in [0.25, 0.3) is 0 Å². The molecule has 5 nitrogen and oxygen atoms in total. The van der Waals surface area contributed by atoms with Crippen LogP contribution >= 0.6 is 0 Å². The monoisotopic (exact) mass is 356 g/mol. The predicted molar refractivity (Wildman–Crippen MR) is 98.6 cm³/mol. The lowest BCUT2D eigenvalue weighted by Crippen LogP contribution is -2.16.